The highest BCUT2D eigenvalue weighted by atomic mass is 32.2. The molecule has 0 aromatic heterocycles. The molecule has 0 aliphatic carbocycles. The molecule has 2 aliphatic heterocycles. The smallest absolute Gasteiger partial charge is 0.140 e. The molecular formula is C17H22O2S. The number of hydrogen-bond acceptors (Lipinski definition) is 2. The largest absolute Gasteiger partial charge is 0.299 e. The lowest BCUT2D eigenvalue weighted by atomic mass is 9.89. The van der Waals surface area contributed by atoms with Gasteiger partial charge in [-0.2, -0.15) is 0 Å². The molecule has 3 heteroatoms. The molecule has 2 aliphatic rings. The van der Waals surface area contributed by atoms with Crippen LogP contribution >= 0.6 is 0 Å². The van der Waals surface area contributed by atoms with Crippen molar-refractivity contribution in [2.75, 3.05) is 0 Å². The van der Waals surface area contributed by atoms with Crippen LogP contribution in [0.4, 0.5) is 0 Å². The summed E-state index contributed by atoms with van der Waals surface area (Å²) in [6.45, 7) is 4.19. The molecular weight excluding hydrogens is 268 g/mol. The minimum Gasteiger partial charge on any atom is -0.299 e. The van der Waals surface area contributed by atoms with E-state index >= 15 is 0 Å². The minimum absolute atomic E-state index is 0.144. The first-order valence-electron chi connectivity index (χ1n) is 7.53. The fourth-order valence-corrected chi connectivity index (χ4v) is 5.76. The topological polar surface area (TPSA) is 34.1 Å². The van der Waals surface area contributed by atoms with E-state index in [2.05, 4.69) is 26.0 Å². The van der Waals surface area contributed by atoms with Gasteiger partial charge in [-0.15, -0.1) is 0 Å². The fourth-order valence-electron chi connectivity index (χ4n) is 3.63. The Kier molecular flexibility index (Phi) is 3.80. The van der Waals surface area contributed by atoms with Crippen LogP contribution in [-0.4, -0.2) is 20.5 Å². The standard InChI is InChI=1S/C17H22O2S/c1-11-4-3-5-13(12(11)2)10-17(18)14-8-15-6-7-16(9-14)20(15)19/h3-5,14-16H,6-10H2,1-2H3. The molecule has 0 radical (unpaired) electrons. The van der Waals surface area contributed by atoms with Crippen LogP contribution in [0.5, 0.6) is 0 Å². The third kappa shape index (κ3) is 2.48. The molecule has 2 atom stereocenters. The lowest BCUT2D eigenvalue weighted by molar-refractivity contribution is -0.122. The summed E-state index contributed by atoms with van der Waals surface area (Å²) in [6, 6.07) is 6.19. The Morgan fingerprint density at radius 3 is 2.50 bits per heavy atom. The highest BCUT2D eigenvalue weighted by Gasteiger charge is 2.42. The Bertz CT molecular complexity index is 548. The van der Waals surface area contributed by atoms with Crippen molar-refractivity contribution in [1.82, 2.24) is 0 Å². The second kappa shape index (κ2) is 5.44. The molecule has 1 aromatic rings. The molecule has 20 heavy (non-hydrogen) atoms. The van der Waals surface area contributed by atoms with Crippen LogP contribution in [0.1, 0.15) is 42.4 Å². The van der Waals surface area contributed by atoms with Crippen LogP contribution < -0.4 is 0 Å². The van der Waals surface area contributed by atoms with Gasteiger partial charge in [-0.3, -0.25) is 9.00 Å². The summed E-state index contributed by atoms with van der Waals surface area (Å²) in [4.78, 5) is 12.6. The second-order valence-corrected chi connectivity index (χ2v) is 8.31. The lowest BCUT2D eigenvalue weighted by Gasteiger charge is -2.26. The van der Waals surface area contributed by atoms with Gasteiger partial charge in [-0.25, -0.2) is 0 Å². The van der Waals surface area contributed by atoms with E-state index in [0.717, 1.165) is 31.2 Å². The van der Waals surface area contributed by atoms with E-state index in [-0.39, 0.29) is 5.92 Å². The maximum Gasteiger partial charge on any atom is 0.140 e. The highest BCUT2D eigenvalue weighted by molar-refractivity contribution is 7.86. The summed E-state index contributed by atoms with van der Waals surface area (Å²) in [7, 11) is -0.663. The molecule has 108 valence electrons. The molecule has 3 rings (SSSR count). The van der Waals surface area contributed by atoms with E-state index in [4.69, 9.17) is 0 Å². The van der Waals surface area contributed by atoms with E-state index in [1.165, 1.54) is 11.1 Å². The number of ketones is 1. The van der Waals surface area contributed by atoms with Crippen LogP contribution in [-0.2, 0) is 22.0 Å². The quantitative estimate of drug-likeness (QED) is 0.857. The zero-order valence-electron chi connectivity index (χ0n) is 12.2. The molecule has 2 fully saturated rings. The Hall–Kier alpha value is -0.960. The number of carbonyl (C=O) groups is 1. The molecule has 2 saturated heterocycles. The maximum atomic E-state index is 12.6. The number of fused-ring (bicyclic) bond motifs is 2. The van der Waals surface area contributed by atoms with Crippen LogP contribution in [0.3, 0.4) is 0 Å². The minimum atomic E-state index is -0.663. The van der Waals surface area contributed by atoms with E-state index < -0.39 is 10.8 Å². The number of carbonyl (C=O) groups excluding carboxylic acids is 1. The van der Waals surface area contributed by atoms with Gasteiger partial charge in [0.15, 0.2) is 0 Å². The van der Waals surface area contributed by atoms with Gasteiger partial charge in [0.25, 0.3) is 0 Å². The van der Waals surface area contributed by atoms with E-state index in [1.54, 1.807) is 0 Å². The summed E-state index contributed by atoms with van der Waals surface area (Å²) < 4.78 is 12.0. The summed E-state index contributed by atoms with van der Waals surface area (Å²) in [5, 5.41) is 0.586. The van der Waals surface area contributed by atoms with Gasteiger partial charge >= 0.3 is 0 Å². The van der Waals surface area contributed by atoms with Crippen molar-refractivity contribution in [3.8, 4) is 0 Å². The number of aryl methyl sites for hydroxylation is 1. The van der Waals surface area contributed by atoms with Crippen molar-refractivity contribution in [2.24, 2.45) is 5.92 Å². The lowest BCUT2D eigenvalue weighted by Crippen LogP contribution is -2.33. The van der Waals surface area contributed by atoms with Crippen molar-refractivity contribution < 1.29 is 9.00 Å². The first-order valence-corrected chi connectivity index (χ1v) is 8.81. The Balaban J connectivity index is 1.71. The predicted octanol–water partition coefficient (Wildman–Crippen LogP) is 3.10. The predicted molar refractivity (Wildman–Crippen MR) is 82.3 cm³/mol. The number of Topliss-reactive ketones (excluding diaryl/α,β-unsaturated/α-hetero) is 1. The Labute approximate surface area is 123 Å². The molecule has 2 nitrogen and oxygen atoms in total. The molecule has 1 aromatic carbocycles. The normalized spacial score (nSPS) is 32.3. The molecule has 2 heterocycles. The van der Waals surface area contributed by atoms with Crippen LogP contribution in [0, 0.1) is 19.8 Å². The third-order valence-electron chi connectivity index (χ3n) is 5.10. The SMILES string of the molecule is Cc1cccc(CC(=O)C2CC3CCC(C2)S3=O)c1C. The van der Waals surface area contributed by atoms with Crippen molar-refractivity contribution in [3.63, 3.8) is 0 Å². The molecule has 0 N–H and O–H groups in total. The van der Waals surface area contributed by atoms with Crippen molar-refractivity contribution in [1.29, 1.82) is 0 Å². The van der Waals surface area contributed by atoms with E-state index in [0.29, 0.717) is 22.7 Å². The first kappa shape index (κ1) is 14.0. The van der Waals surface area contributed by atoms with Crippen LogP contribution in [0.25, 0.3) is 0 Å². The van der Waals surface area contributed by atoms with E-state index in [1.807, 2.05) is 6.07 Å². The summed E-state index contributed by atoms with van der Waals surface area (Å²) in [6.07, 6.45) is 4.37. The summed E-state index contributed by atoms with van der Waals surface area (Å²) >= 11 is 0. The average Bonchev–Trinajstić information content (AvgIpc) is 2.66. The first-order chi connectivity index (χ1) is 9.56. The second-order valence-electron chi connectivity index (χ2n) is 6.32. The van der Waals surface area contributed by atoms with Crippen molar-refractivity contribution in [3.05, 3.63) is 34.9 Å². The van der Waals surface area contributed by atoms with Crippen LogP contribution in [0.15, 0.2) is 18.2 Å². The van der Waals surface area contributed by atoms with E-state index in [9.17, 15) is 9.00 Å². The molecule has 2 bridgehead atoms. The average molecular weight is 290 g/mol. The number of hydrogen-bond donors (Lipinski definition) is 0. The molecule has 0 saturated carbocycles. The Morgan fingerprint density at radius 1 is 1.20 bits per heavy atom. The fraction of sp³-hybridized carbons (Fsp3) is 0.588. The maximum absolute atomic E-state index is 12.6. The number of rotatable bonds is 3. The van der Waals surface area contributed by atoms with Crippen molar-refractivity contribution >= 4 is 16.6 Å². The monoisotopic (exact) mass is 290 g/mol. The van der Waals surface area contributed by atoms with Gasteiger partial charge in [0, 0.05) is 33.6 Å². The zero-order chi connectivity index (χ0) is 14.3. The summed E-state index contributed by atoms with van der Waals surface area (Å²) in [5.74, 6) is 0.498. The van der Waals surface area contributed by atoms with Gasteiger partial charge in [0.2, 0.25) is 0 Å². The molecule has 0 spiro atoms. The Morgan fingerprint density at radius 2 is 1.85 bits per heavy atom. The molecule has 0 amide bonds. The molecule has 2 unspecified atom stereocenters. The van der Waals surface area contributed by atoms with Gasteiger partial charge in [0.1, 0.15) is 5.78 Å². The zero-order valence-corrected chi connectivity index (χ0v) is 13.0. The highest BCUT2D eigenvalue weighted by Crippen LogP contribution is 2.39. The van der Waals surface area contributed by atoms with Crippen molar-refractivity contribution in [2.45, 2.75) is 56.5 Å². The third-order valence-corrected chi connectivity index (χ3v) is 7.27. The van der Waals surface area contributed by atoms with Crippen LogP contribution in [0.2, 0.25) is 0 Å². The summed E-state index contributed by atoms with van der Waals surface area (Å²) in [5.41, 5.74) is 3.65. The number of benzene rings is 1. The van der Waals surface area contributed by atoms with Gasteiger partial charge < -0.3 is 0 Å². The van der Waals surface area contributed by atoms with Gasteiger partial charge in [-0.1, -0.05) is 18.2 Å². The van der Waals surface area contributed by atoms with Gasteiger partial charge in [0.05, 0.1) is 0 Å². The van der Waals surface area contributed by atoms with Gasteiger partial charge in [-0.05, 0) is 56.2 Å².